The summed E-state index contributed by atoms with van der Waals surface area (Å²) >= 11 is 5.34. The Morgan fingerprint density at radius 2 is 2.04 bits per heavy atom. The van der Waals surface area contributed by atoms with Crippen LogP contribution in [0.25, 0.3) is 11.0 Å². The third kappa shape index (κ3) is 3.47. The number of fused-ring (bicyclic) bond motifs is 1. The van der Waals surface area contributed by atoms with Gasteiger partial charge in [0.1, 0.15) is 11.1 Å². The van der Waals surface area contributed by atoms with E-state index in [1.807, 2.05) is 27.7 Å². The van der Waals surface area contributed by atoms with Crippen LogP contribution in [-0.4, -0.2) is 38.7 Å². The molecule has 0 spiro atoms. The Labute approximate surface area is 155 Å². The lowest BCUT2D eigenvalue weighted by Crippen LogP contribution is -2.47. The van der Waals surface area contributed by atoms with Crippen molar-refractivity contribution in [3.63, 3.8) is 0 Å². The van der Waals surface area contributed by atoms with Crippen LogP contribution in [0.2, 0.25) is 0 Å². The molecular weight excluding hydrogens is 360 g/mol. The summed E-state index contributed by atoms with van der Waals surface area (Å²) in [4.78, 5) is 17.0. The fourth-order valence-electron chi connectivity index (χ4n) is 3.48. The van der Waals surface area contributed by atoms with Crippen molar-refractivity contribution < 1.29 is 18.3 Å². The van der Waals surface area contributed by atoms with Crippen LogP contribution < -0.4 is 0 Å². The van der Waals surface area contributed by atoms with Crippen molar-refractivity contribution in [1.82, 2.24) is 14.5 Å². The molecule has 1 saturated heterocycles. The minimum absolute atomic E-state index is 0.105. The maximum Gasteiger partial charge on any atom is 0.410 e. The molecule has 1 aliphatic heterocycles. The Balaban J connectivity index is 1.87. The number of carbonyl (C=O) groups excluding carboxylic acids is 1. The molecule has 2 heterocycles. The number of aromatic nitrogens is 2. The van der Waals surface area contributed by atoms with Crippen molar-refractivity contribution in [2.24, 2.45) is 0 Å². The van der Waals surface area contributed by atoms with Crippen LogP contribution in [0, 0.1) is 16.4 Å². The second kappa shape index (κ2) is 6.64. The van der Waals surface area contributed by atoms with Gasteiger partial charge in [0.15, 0.2) is 16.4 Å². The molecule has 1 fully saturated rings. The van der Waals surface area contributed by atoms with Crippen molar-refractivity contribution in [3.05, 3.63) is 28.5 Å². The van der Waals surface area contributed by atoms with Gasteiger partial charge in [0.05, 0.1) is 5.52 Å². The van der Waals surface area contributed by atoms with Crippen LogP contribution in [0.1, 0.15) is 46.6 Å². The fraction of sp³-hybridized carbons (Fsp3) is 0.556. The predicted octanol–water partition coefficient (Wildman–Crippen LogP) is 4.94. The molecule has 2 aromatic rings. The summed E-state index contributed by atoms with van der Waals surface area (Å²) in [6.07, 6.45) is 0.806. The number of nitrogens with one attached hydrogen (secondary N) is 1. The molecule has 1 N–H and O–H groups in total. The first-order valence-electron chi connectivity index (χ1n) is 8.66. The van der Waals surface area contributed by atoms with Gasteiger partial charge in [-0.25, -0.2) is 13.6 Å². The van der Waals surface area contributed by atoms with Gasteiger partial charge in [-0.2, -0.15) is 0 Å². The lowest BCUT2D eigenvalue weighted by Gasteiger charge is -2.38. The Hall–Kier alpha value is -1.96. The second-order valence-corrected chi connectivity index (χ2v) is 8.15. The molecule has 3 rings (SSSR count). The third-order valence-corrected chi connectivity index (χ3v) is 4.91. The highest BCUT2D eigenvalue weighted by Crippen LogP contribution is 2.32. The van der Waals surface area contributed by atoms with Crippen LogP contribution in [0.4, 0.5) is 13.6 Å². The van der Waals surface area contributed by atoms with Crippen molar-refractivity contribution >= 4 is 29.3 Å². The van der Waals surface area contributed by atoms with Crippen LogP contribution >= 0.6 is 12.2 Å². The second-order valence-electron chi connectivity index (χ2n) is 7.76. The zero-order valence-electron chi connectivity index (χ0n) is 15.3. The van der Waals surface area contributed by atoms with E-state index >= 15 is 0 Å². The summed E-state index contributed by atoms with van der Waals surface area (Å²) in [5.41, 5.74) is 0.0577. The van der Waals surface area contributed by atoms with Crippen LogP contribution in [0.15, 0.2) is 12.1 Å². The van der Waals surface area contributed by atoms with Gasteiger partial charge in [-0.3, -0.25) is 0 Å². The number of piperidine rings is 1. The minimum atomic E-state index is -0.905. The van der Waals surface area contributed by atoms with E-state index in [0.717, 1.165) is 6.07 Å². The van der Waals surface area contributed by atoms with Crippen molar-refractivity contribution in [1.29, 1.82) is 0 Å². The van der Waals surface area contributed by atoms with Gasteiger partial charge in [-0.1, -0.05) is 0 Å². The molecule has 2 unspecified atom stereocenters. The molecule has 1 aromatic heterocycles. The van der Waals surface area contributed by atoms with E-state index in [0.29, 0.717) is 29.7 Å². The predicted molar refractivity (Wildman–Crippen MR) is 97.7 cm³/mol. The van der Waals surface area contributed by atoms with Gasteiger partial charge in [0.2, 0.25) is 0 Å². The lowest BCUT2D eigenvalue weighted by atomic mass is 9.98. The first-order valence-corrected chi connectivity index (χ1v) is 9.07. The maximum atomic E-state index is 14.4. The molecular formula is C18H23F2N3O2S. The van der Waals surface area contributed by atoms with Crippen LogP contribution in [0.3, 0.4) is 0 Å². The highest BCUT2D eigenvalue weighted by atomic mass is 32.1. The molecule has 0 aliphatic carbocycles. The number of nitrogens with zero attached hydrogens (tertiary/aromatic N) is 2. The number of benzene rings is 1. The number of halogens is 2. The fourth-order valence-corrected chi connectivity index (χ4v) is 3.83. The number of rotatable bonds is 1. The average molecular weight is 383 g/mol. The molecule has 1 aliphatic rings. The summed E-state index contributed by atoms with van der Waals surface area (Å²) in [7, 11) is 0. The highest BCUT2D eigenvalue weighted by molar-refractivity contribution is 7.71. The average Bonchev–Trinajstić information content (AvgIpc) is 2.86. The Morgan fingerprint density at radius 3 is 2.65 bits per heavy atom. The molecule has 0 saturated carbocycles. The minimum Gasteiger partial charge on any atom is -0.444 e. The van der Waals surface area contributed by atoms with Gasteiger partial charge in [-0.05, 0) is 64.9 Å². The van der Waals surface area contributed by atoms with E-state index in [4.69, 9.17) is 17.0 Å². The number of likely N-dealkylation sites (tertiary alicyclic amines) is 1. The van der Waals surface area contributed by atoms with E-state index < -0.39 is 17.2 Å². The first-order chi connectivity index (χ1) is 12.1. The monoisotopic (exact) mass is 383 g/mol. The molecule has 142 valence electrons. The van der Waals surface area contributed by atoms with E-state index in [9.17, 15) is 13.6 Å². The van der Waals surface area contributed by atoms with Crippen LogP contribution in [-0.2, 0) is 4.74 Å². The van der Waals surface area contributed by atoms with E-state index in [1.54, 1.807) is 9.47 Å². The van der Waals surface area contributed by atoms with Crippen molar-refractivity contribution in [2.45, 2.75) is 58.2 Å². The van der Waals surface area contributed by atoms with Crippen LogP contribution in [0.5, 0.6) is 0 Å². The number of carbonyl (C=O) groups is 1. The standard InChI is InChI=1S/C18H23F2N3O2S/c1-10-9-11(7-8-22(10)17(24)25-18(2,3)4)23-15-13(21-16(23)26)6-5-12(19)14(15)20/h5-6,10-11H,7-9H2,1-4H3,(H,21,26). The number of hydrogen-bond donors (Lipinski definition) is 1. The van der Waals surface area contributed by atoms with E-state index in [-0.39, 0.29) is 23.7 Å². The topological polar surface area (TPSA) is 50.3 Å². The maximum absolute atomic E-state index is 14.4. The molecule has 26 heavy (non-hydrogen) atoms. The molecule has 1 amide bonds. The summed E-state index contributed by atoms with van der Waals surface area (Å²) in [5.74, 6) is -1.81. The van der Waals surface area contributed by atoms with Crippen molar-refractivity contribution in [3.8, 4) is 0 Å². The van der Waals surface area contributed by atoms with Gasteiger partial charge in [0.25, 0.3) is 0 Å². The number of aromatic amines is 1. The SMILES string of the molecule is CC1CC(n2c(=S)[nH]c3ccc(F)c(F)c32)CCN1C(=O)OC(C)(C)C. The lowest BCUT2D eigenvalue weighted by molar-refractivity contribution is 0.00795. The number of hydrogen-bond acceptors (Lipinski definition) is 3. The van der Waals surface area contributed by atoms with Gasteiger partial charge in [0, 0.05) is 18.6 Å². The Kier molecular flexibility index (Phi) is 4.81. The first kappa shape index (κ1) is 18.8. The largest absolute Gasteiger partial charge is 0.444 e. The van der Waals surface area contributed by atoms with E-state index in [2.05, 4.69) is 4.98 Å². The highest BCUT2D eigenvalue weighted by Gasteiger charge is 2.33. The third-order valence-electron chi connectivity index (χ3n) is 4.61. The molecule has 0 radical (unpaired) electrons. The normalized spacial score (nSPS) is 21.2. The molecule has 0 bridgehead atoms. The van der Waals surface area contributed by atoms with Gasteiger partial charge < -0.3 is 19.2 Å². The Bertz CT molecular complexity index is 900. The zero-order valence-corrected chi connectivity index (χ0v) is 16.1. The summed E-state index contributed by atoms with van der Waals surface area (Å²) in [6.45, 7) is 7.86. The van der Waals surface area contributed by atoms with Crippen molar-refractivity contribution in [2.75, 3.05) is 6.54 Å². The molecule has 8 heteroatoms. The number of ether oxygens (including phenoxy) is 1. The summed E-state index contributed by atoms with van der Waals surface area (Å²) in [5, 5.41) is 0. The quantitative estimate of drug-likeness (QED) is 0.710. The summed E-state index contributed by atoms with van der Waals surface area (Å²) < 4.78 is 35.5. The zero-order chi connectivity index (χ0) is 19.2. The molecule has 5 nitrogen and oxygen atoms in total. The van der Waals surface area contributed by atoms with Gasteiger partial charge in [-0.15, -0.1) is 0 Å². The number of imidazole rings is 1. The molecule has 2 atom stereocenters. The Morgan fingerprint density at radius 1 is 1.35 bits per heavy atom. The summed E-state index contributed by atoms with van der Waals surface area (Å²) in [6, 6.07) is 2.34. The number of amides is 1. The smallest absolute Gasteiger partial charge is 0.410 e. The van der Waals surface area contributed by atoms with E-state index in [1.165, 1.54) is 6.07 Å². The number of H-pyrrole nitrogens is 1. The molecule has 1 aromatic carbocycles. The van der Waals surface area contributed by atoms with Gasteiger partial charge >= 0.3 is 6.09 Å².